The van der Waals surface area contributed by atoms with E-state index in [1.807, 2.05) is 30.3 Å². The number of para-hydroxylation sites is 2. The molecule has 5 heterocycles. The van der Waals surface area contributed by atoms with Gasteiger partial charge in [0.1, 0.15) is 11.6 Å². The number of nitrogens with zero attached hydrogens (tertiary/aromatic N) is 3. The summed E-state index contributed by atoms with van der Waals surface area (Å²) in [5.41, 5.74) is 4.31. The van der Waals surface area contributed by atoms with Crippen molar-refractivity contribution in [2.75, 3.05) is 60.4 Å². The van der Waals surface area contributed by atoms with Gasteiger partial charge in [0, 0.05) is 66.0 Å². The van der Waals surface area contributed by atoms with Gasteiger partial charge >= 0.3 is 0 Å². The third kappa shape index (κ3) is 6.39. The van der Waals surface area contributed by atoms with Crippen molar-refractivity contribution in [1.82, 2.24) is 4.98 Å². The molecule has 0 saturated carbocycles. The minimum atomic E-state index is -0.501. The van der Waals surface area contributed by atoms with Crippen molar-refractivity contribution in [3.05, 3.63) is 118 Å². The van der Waals surface area contributed by atoms with E-state index in [1.165, 1.54) is 23.5 Å². The quantitative estimate of drug-likeness (QED) is 0.182. The summed E-state index contributed by atoms with van der Waals surface area (Å²) in [7, 11) is 1.56. The van der Waals surface area contributed by atoms with Crippen molar-refractivity contribution >= 4 is 51.9 Å². The van der Waals surface area contributed by atoms with E-state index in [1.54, 1.807) is 60.5 Å². The third-order valence-electron chi connectivity index (χ3n) is 10.0. The van der Waals surface area contributed by atoms with Crippen LogP contribution < -0.4 is 25.2 Å². The van der Waals surface area contributed by atoms with Crippen LogP contribution in [0.15, 0.2) is 91.0 Å². The molecule has 2 aromatic heterocycles. The summed E-state index contributed by atoms with van der Waals surface area (Å²) >= 11 is 1.32. The Kier molecular flexibility index (Phi) is 8.94. The highest BCUT2D eigenvalue weighted by molar-refractivity contribution is 7.17. The molecule has 2 fully saturated rings. The number of pyridine rings is 1. The number of hydrogen-bond acceptors (Lipinski definition) is 8. The molecule has 0 atom stereocenters. The lowest BCUT2D eigenvalue weighted by Crippen LogP contribution is -2.59. The van der Waals surface area contributed by atoms with Gasteiger partial charge in [-0.1, -0.05) is 30.3 Å². The van der Waals surface area contributed by atoms with Crippen LogP contribution in [-0.4, -0.2) is 62.7 Å². The number of carbonyl (C=O) groups is 3. The second kappa shape index (κ2) is 13.9. The Morgan fingerprint density at radius 3 is 2.42 bits per heavy atom. The Labute approximate surface area is 304 Å². The number of thiophene rings is 1. The molecule has 0 bridgehead atoms. The molecule has 3 aliphatic rings. The minimum absolute atomic E-state index is 0.122. The molecule has 8 rings (SSSR count). The molecule has 1 spiro atoms. The second-order valence-corrected chi connectivity index (χ2v) is 14.4. The van der Waals surface area contributed by atoms with Crippen molar-refractivity contribution in [3.8, 4) is 16.3 Å². The topological polar surface area (TPSA) is 113 Å². The van der Waals surface area contributed by atoms with Crippen LogP contribution in [-0.2, 0) is 11.2 Å². The van der Waals surface area contributed by atoms with Crippen LogP contribution in [0.5, 0.6) is 5.88 Å². The van der Waals surface area contributed by atoms with E-state index in [0.29, 0.717) is 46.4 Å². The highest BCUT2D eigenvalue weighted by Crippen LogP contribution is 2.44. The molecule has 12 heteroatoms. The summed E-state index contributed by atoms with van der Waals surface area (Å²) in [4.78, 5) is 50.6. The first-order valence-corrected chi connectivity index (χ1v) is 18.0. The van der Waals surface area contributed by atoms with Crippen LogP contribution in [0.2, 0.25) is 0 Å². The summed E-state index contributed by atoms with van der Waals surface area (Å²) in [6.45, 7) is 3.53. The van der Waals surface area contributed by atoms with E-state index in [4.69, 9.17) is 9.47 Å². The van der Waals surface area contributed by atoms with Gasteiger partial charge < -0.3 is 29.9 Å². The molecule has 3 aromatic carbocycles. The lowest BCUT2D eigenvalue weighted by atomic mass is 9.73. The Bertz CT molecular complexity index is 2170. The molecule has 5 aromatic rings. The summed E-state index contributed by atoms with van der Waals surface area (Å²) in [5.74, 6) is -0.334. The van der Waals surface area contributed by atoms with Gasteiger partial charge in [-0.2, -0.15) is 4.98 Å². The van der Waals surface area contributed by atoms with Crippen molar-refractivity contribution in [2.24, 2.45) is 5.41 Å². The molecular weight excluding hydrogens is 682 g/mol. The predicted molar refractivity (Wildman–Crippen MR) is 199 cm³/mol. The number of hydrogen-bond donors (Lipinski definition) is 2. The first-order valence-electron chi connectivity index (χ1n) is 17.2. The highest BCUT2D eigenvalue weighted by atomic mass is 32.1. The largest absolute Gasteiger partial charge is 0.481 e. The predicted octanol–water partition coefficient (Wildman–Crippen LogP) is 7.28. The van der Waals surface area contributed by atoms with E-state index < -0.39 is 5.82 Å². The zero-order valence-electron chi connectivity index (χ0n) is 28.5. The number of rotatable bonds is 7. The average molecular weight is 718 g/mol. The van der Waals surface area contributed by atoms with Crippen LogP contribution in [0.3, 0.4) is 0 Å². The first-order chi connectivity index (χ1) is 25.3. The number of carbonyl (C=O) groups excluding carboxylic acids is 3. The van der Waals surface area contributed by atoms with Gasteiger partial charge in [-0.25, -0.2) is 4.39 Å². The van der Waals surface area contributed by atoms with E-state index in [-0.39, 0.29) is 28.8 Å². The van der Waals surface area contributed by atoms with E-state index in [9.17, 15) is 18.8 Å². The van der Waals surface area contributed by atoms with Gasteiger partial charge in [-0.15, -0.1) is 11.3 Å². The third-order valence-corrected chi connectivity index (χ3v) is 11.3. The molecule has 10 nitrogen and oxygen atoms in total. The molecule has 52 heavy (non-hydrogen) atoms. The number of nitrogens with one attached hydrogen (secondary N) is 2. The van der Waals surface area contributed by atoms with Crippen LogP contribution in [0.25, 0.3) is 10.4 Å². The zero-order valence-corrected chi connectivity index (χ0v) is 29.3. The van der Waals surface area contributed by atoms with Crippen molar-refractivity contribution in [2.45, 2.75) is 19.3 Å². The Morgan fingerprint density at radius 1 is 0.904 bits per heavy atom. The van der Waals surface area contributed by atoms with Gasteiger partial charge in [-0.05, 0) is 79.4 Å². The molecule has 0 radical (unpaired) electrons. The summed E-state index contributed by atoms with van der Waals surface area (Å²) < 4.78 is 25.1. The van der Waals surface area contributed by atoms with Gasteiger partial charge in [-0.3, -0.25) is 14.4 Å². The number of methoxy groups -OCH3 is 1. The van der Waals surface area contributed by atoms with Gasteiger partial charge in [0.05, 0.1) is 28.9 Å². The summed E-state index contributed by atoms with van der Waals surface area (Å²) in [6.07, 6.45) is 2.52. The maximum atomic E-state index is 14.2. The molecular formula is C40H36FN5O5S. The smallest absolute Gasteiger partial charge is 0.265 e. The minimum Gasteiger partial charge on any atom is -0.481 e. The van der Waals surface area contributed by atoms with Crippen molar-refractivity contribution < 1.29 is 28.2 Å². The van der Waals surface area contributed by atoms with E-state index in [0.717, 1.165) is 60.8 Å². The molecule has 0 unspecified atom stereocenters. The fourth-order valence-electron chi connectivity index (χ4n) is 7.21. The molecule has 3 aliphatic heterocycles. The Balaban J connectivity index is 0.976. The number of fused-ring (bicyclic) bond motifs is 3. The fraction of sp³-hybridized carbons (Fsp3) is 0.250. The number of benzene rings is 3. The second-order valence-electron chi connectivity index (χ2n) is 13.3. The van der Waals surface area contributed by atoms with Crippen LogP contribution in [0, 0.1) is 11.2 Å². The average Bonchev–Trinajstić information content (AvgIpc) is 3.53. The maximum Gasteiger partial charge on any atom is 0.265 e. The number of ether oxygens (including phenoxy) is 2. The fourth-order valence-corrected chi connectivity index (χ4v) is 8.35. The van der Waals surface area contributed by atoms with E-state index >= 15 is 0 Å². The van der Waals surface area contributed by atoms with Gasteiger partial charge in [0.15, 0.2) is 0 Å². The molecule has 0 aliphatic carbocycles. The number of halogens is 1. The summed E-state index contributed by atoms with van der Waals surface area (Å²) in [6, 6.07) is 25.8. The molecule has 3 amide bonds. The van der Waals surface area contributed by atoms with Crippen molar-refractivity contribution in [3.63, 3.8) is 0 Å². The molecule has 264 valence electrons. The van der Waals surface area contributed by atoms with Crippen LogP contribution >= 0.6 is 11.3 Å². The van der Waals surface area contributed by atoms with Gasteiger partial charge in [0.25, 0.3) is 17.7 Å². The Hall–Kier alpha value is -5.59. The number of anilines is 4. The lowest BCUT2D eigenvalue weighted by Gasteiger charge is -2.53. The monoisotopic (exact) mass is 717 g/mol. The SMILES string of the molecule is COc1ccc(C(=O)Nc2ccc(C(=O)N3CCc4cc(C(=O)Nc5ccccc5F)sc4-c4ccccc43)cc2)c(N2CC3(CCOCC3)C2)n1. The van der Waals surface area contributed by atoms with Crippen LogP contribution in [0.4, 0.5) is 27.3 Å². The van der Waals surface area contributed by atoms with E-state index in [2.05, 4.69) is 20.5 Å². The Morgan fingerprint density at radius 2 is 1.65 bits per heavy atom. The van der Waals surface area contributed by atoms with Gasteiger partial charge in [0.2, 0.25) is 5.88 Å². The normalized spacial score (nSPS) is 15.9. The molecule has 2 N–H and O–H groups in total. The zero-order chi connectivity index (χ0) is 35.8. The maximum absolute atomic E-state index is 14.2. The number of amides is 3. The van der Waals surface area contributed by atoms with Crippen molar-refractivity contribution in [1.29, 1.82) is 0 Å². The lowest BCUT2D eigenvalue weighted by molar-refractivity contribution is -0.000540. The molecule has 2 saturated heterocycles. The number of aromatic nitrogens is 1. The highest BCUT2D eigenvalue weighted by Gasteiger charge is 2.45. The standard InChI is InChI=1S/C40H36FN5O5S/c1-50-34-15-14-29(36(44-34)45-23-40(24-45)17-20-51-21-18-40)37(47)42-27-12-10-25(11-13-27)39(49)46-19-16-26-22-33(38(48)43-31-8-4-3-7-30(31)41)52-35(26)28-6-2-5-9-32(28)46/h2-15,22H,16-21,23-24H2,1H3,(H,42,47)(H,43,48). The van der Waals surface area contributed by atoms with Crippen LogP contribution in [0.1, 0.15) is 48.8 Å². The first kappa shape index (κ1) is 33.5. The summed E-state index contributed by atoms with van der Waals surface area (Å²) in [5, 5.41) is 5.65.